The third-order valence-electron chi connectivity index (χ3n) is 5.52. The van der Waals surface area contributed by atoms with Crippen LogP contribution in [0, 0.1) is 5.82 Å². The van der Waals surface area contributed by atoms with Gasteiger partial charge in [0.05, 0.1) is 23.8 Å². The fraction of sp³-hybridized carbons (Fsp3) is 0.286. The molecule has 170 valence electrons. The van der Waals surface area contributed by atoms with Crippen LogP contribution in [0.3, 0.4) is 0 Å². The number of carbonyl (C=O) groups excluding carboxylic acids is 1. The van der Waals surface area contributed by atoms with E-state index in [1.165, 1.54) is 34.3 Å². The Balaban J connectivity index is 1.49. The molecule has 1 aliphatic rings. The largest absolute Gasteiger partial charge is 0.366 e. The van der Waals surface area contributed by atoms with E-state index in [1.807, 2.05) is 11.4 Å². The zero-order chi connectivity index (χ0) is 22.8. The molecular weight excluding hydrogens is 445 g/mol. The van der Waals surface area contributed by atoms with Gasteiger partial charge in [-0.25, -0.2) is 18.9 Å². The standard InChI is InChI=1S/C21H22FN9OS/c22-14-10-24-6-5-15(14)28-20(32)17-11-26-19-16(29-21-25-7-8-33-21)9-18(30-31(17)19)27-13-3-1-12(23)2-4-13/h5-13H,1-4,23H2,(H,25,29)(H,27,30)(H,24,28,32). The molecule has 0 saturated heterocycles. The summed E-state index contributed by atoms with van der Waals surface area (Å²) >= 11 is 1.44. The summed E-state index contributed by atoms with van der Waals surface area (Å²) in [7, 11) is 0. The van der Waals surface area contributed by atoms with Gasteiger partial charge in [-0.3, -0.25) is 9.78 Å². The lowest BCUT2D eigenvalue weighted by molar-refractivity contribution is 0.102. The van der Waals surface area contributed by atoms with Gasteiger partial charge < -0.3 is 21.7 Å². The highest BCUT2D eigenvalue weighted by Crippen LogP contribution is 2.27. The zero-order valence-corrected chi connectivity index (χ0v) is 18.3. The average Bonchev–Trinajstić information content (AvgIpc) is 3.47. The molecule has 0 spiro atoms. The van der Waals surface area contributed by atoms with E-state index < -0.39 is 11.7 Å². The molecular formula is C21H22FN9OS. The van der Waals surface area contributed by atoms with Gasteiger partial charge in [0, 0.05) is 35.9 Å². The Kier molecular flexibility index (Phi) is 5.84. The maximum Gasteiger partial charge on any atom is 0.276 e. The number of aromatic nitrogens is 5. The number of pyridine rings is 1. The van der Waals surface area contributed by atoms with Gasteiger partial charge in [0.15, 0.2) is 22.3 Å². The number of rotatable bonds is 6. The Morgan fingerprint density at radius 2 is 2.00 bits per heavy atom. The summed E-state index contributed by atoms with van der Waals surface area (Å²) in [5.74, 6) is -0.582. The van der Waals surface area contributed by atoms with Gasteiger partial charge in [-0.1, -0.05) is 0 Å². The van der Waals surface area contributed by atoms with Crippen molar-refractivity contribution in [1.82, 2.24) is 24.6 Å². The Labute approximate surface area is 192 Å². The second-order valence-electron chi connectivity index (χ2n) is 7.85. The first kappa shape index (κ1) is 21.2. The molecule has 0 aromatic carbocycles. The minimum Gasteiger partial charge on any atom is -0.366 e. The predicted octanol–water partition coefficient (Wildman–Crippen LogP) is 3.40. The number of imidazole rings is 1. The smallest absolute Gasteiger partial charge is 0.276 e. The summed E-state index contributed by atoms with van der Waals surface area (Å²) in [6.07, 6.45) is 9.32. The molecule has 0 radical (unpaired) electrons. The van der Waals surface area contributed by atoms with Crippen LogP contribution in [0.1, 0.15) is 36.2 Å². The lowest BCUT2D eigenvalue weighted by Crippen LogP contribution is -2.33. The van der Waals surface area contributed by atoms with Crippen molar-refractivity contribution in [3.05, 3.63) is 53.8 Å². The van der Waals surface area contributed by atoms with Crippen LogP contribution >= 0.6 is 11.3 Å². The first-order chi connectivity index (χ1) is 16.1. The van der Waals surface area contributed by atoms with Gasteiger partial charge in [-0.05, 0) is 31.7 Å². The molecule has 33 heavy (non-hydrogen) atoms. The molecule has 4 heterocycles. The molecule has 1 fully saturated rings. The van der Waals surface area contributed by atoms with Crippen LogP contribution in [0.5, 0.6) is 0 Å². The number of thiazole rings is 1. The predicted molar refractivity (Wildman–Crippen MR) is 124 cm³/mol. The average molecular weight is 468 g/mol. The number of hydrogen-bond donors (Lipinski definition) is 4. The lowest BCUT2D eigenvalue weighted by Gasteiger charge is -2.27. The van der Waals surface area contributed by atoms with Crippen molar-refractivity contribution in [1.29, 1.82) is 0 Å². The van der Waals surface area contributed by atoms with E-state index in [0.717, 1.165) is 31.9 Å². The zero-order valence-electron chi connectivity index (χ0n) is 17.5. The number of nitrogens with two attached hydrogens (primary N) is 1. The number of anilines is 4. The SMILES string of the molecule is NC1CCC(Nc2cc(Nc3nccs3)c3ncc(C(=O)Nc4ccncc4F)n3n2)CC1. The summed E-state index contributed by atoms with van der Waals surface area (Å²) in [6.45, 7) is 0. The van der Waals surface area contributed by atoms with E-state index in [0.29, 0.717) is 22.3 Å². The minimum absolute atomic E-state index is 0.0268. The number of hydrogen-bond acceptors (Lipinski definition) is 9. The van der Waals surface area contributed by atoms with Crippen molar-refractivity contribution >= 4 is 45.2 Å². The highest BCUT2D eigenvalue weighted by molar-refractivity contribution is 7.13. The molecule has 1 saturated carbocycles. The van der Waals surface area contributed by atoms with Gasteiger partial charge in [0.2, 0.25) is 0 Å². The Bertz CT molecular complexity index is 1270. The number of amides is 1. The van der Waals surface area contributed by atoms with Crippen molar-refractivity contribution < 1.29 is 9.18 Å². The first-order valence-corrected chi connectivity index (χ1v) is 11.4. The number of fused-ring (bicyclic) bond motifs is 1. The maximum atomic E-state index is 14.0. The number of nitrogens with one attached hydrogen (secondary N) is 3. The highest BCUT2D eigenvalue weighted by atomic mass is 32.1. The van der Waals surface area contributed by atoms with Crippen LogP contribution in [0.2, 0.25) is 0 Å². The fourth-order valence-corrected chi connectivity index (χ4v) is 4.36. The monoisotopic (exact) mass is 467 g/mol. The lowest BCUT2D eigenvalue weighted by atomic mass is 9.92. The molecule has 5 rings (SSSR count). The summed E-state index contributed by atoms with van der Waals surface area (Å²) in [4.78, 5) is 25.3. The minimum atomic E-state index is -0.628. The van der Waals surface area contributed by atoms with Crippen LogP contribution in [-0.4, -0.2) is 42.6 Å². The summed E-state index contributed by atoms with van der Waals surface area (Å²) in [6, 6.07) is 3.70. The second kappa shape index (κ2) is 9.08. The van der Waals surface area contributed by atoms with E-state index >= 15 is 0 Å². The Hall–Kier alpha value is -3.64. The molecule has 0 atom stereocenters. The van der Waals surface area contributed by atoms with Gasteiger partial charge in [0.25, 0.3) is 5.91 Å². The molecule has 0 bridgehead atoms. The van der Waals surface area contributed by atoms with Crippen LogP contribution < -0.4 is 21.7 Å². The summed E-state index contributed by atoms with van der Waals surface area (Å²) in [5.41, 5.74) is 7.31. The molecule has 4 aromatic heterocycles. The van der Waals surface area contributed by atoms with Crippen LogP contribution in [-0.2, 0) is 0 Å². The van der Waals surface area contributed by atoms with E-state index in [2.05, 4.69) is 36.0 Å². The van der Waals surface area contributed by atoms with Crippen molar-refractivity contribution in [2.75, 3.05) is 16.0 Å². The normalized spacial score (nSPS) is 18.2. The van der Waals surface area contributed by atoms with Crippen molar-refractivity contribution in [3.8, 4) is 0 Å². The van der Waals surface area contributed by atoms with E-state index in [1.54, 1.807) is 6.20 Å². The van der Waals surface area contributed by atoms with Crippen LogP contribution in [0.4, 0.5) is 26.7 Å². The molecule has 1 amide bonds. The van der Waals surface area contributed by atoms with Gasteiger partial charge in [-0.2, -0.15) is 0 Å². The third kappa shape index (κ3) is 4.61. The molecule has 1 aliphatic carbocycles. The van der Waals surface area contributed by atoms with Crippen LogP contribution in [0.25, 0.3) is 5.65 Å². The third-order valence-corrected chi connectivity index (χ3v) is 6.21. The van der Waals surface area contributed by atoms with Crippen LogP contribution in [0.15, 0.2) is 42.3 Å². The quantitative estimate of drug-likeness (QED) is 0.339. The number of nitrogens with zero attached hydrogens (tertiary/aromatic N) is 5. The molecule has 0 unspecified atom stereocenters. The Morgan fingerprint density at radius 1 is 1.15 bits per heavy atom. The highest BCUT2D eigenvalue weighted by Gasteiger charge is 2.22. The van der Waals surface area contributed by atoms with E-state index in [-0.39, 0.29) is 23.5 Å². The summed E-state index contributed by atoms with van der Waals surface area (Å²) < 4.78 is 15.4. The molecule has 12 heteroatoms. The second-order valence-corrected chi connectivity index (χ2v) is 8.74. The van der Waals surface area contributed by atoms with Gasteiger partial charge >= 0.3 is 0 Å². The van der Waals surface area contributed by atoms with E-state index in [4.69, 9.17) is 5.73 Å². The first-order valence-electron chi connectivity index (χ1n) is 10.5. The Morgan fingerprint density at radius 3 is 2.76 bits per heavy atom. The number of halogens is 1. The molecule has 10 nitrogen and oxygen atoms in total. The molecule has 5 N–H and O–H groups in total. The molecule has 0 aliphatic heterocycles. The topological polar surface area (TPSA) is 135 Å². The van der Waals surface area contributed by atoms with Crippen molar-refractivity contribution in [3.63, 3.8) is 0 Å². The maximum absolute atomic E-state index is 14.0. The van der Waals surface area contributed by atoms with E-state index in [9.17, 15) is 9.18 Å². The van der Waals surface area contributed by atoms with Crippen molar-refractivity contribution in [2.24, 2.45) is 5.73 Å². The number of carbonyl (C=O) groups is 1. The van der Waals surface area contributed by atoms with Gasteiger partial charge in [0.1, 0.15) is 5.82 Å². The van der Waals surface area contributed by atoms with Gasteiger partial charge in [-0.15, -0.1) is 16.4 Å². The van der Waals surface area contributed by atoms with Crippen molar-refractivity contribution in [2.45, 2.75) is 37.8 Å². The molecule has 4 aromatic rings. The fourth-order valence-electron chi connectivity index (χ4n) is 3.82. The summed E-state index contributed by atoms with van der Waals surface area (Å²) in [5, 5.41) is 16.4.